The average Bonchev–Trinajstić information content (AvgIpc) is 2.16. The van der Waals surface area contributed by atoms with Crippen molar-refractivity contribution in [1.82, 2.24) is 0 Å². The molecule has 2 N–H and O–H groups in total. The fourth-order valence-electron chi connectivity index (χ4n) is 1.15. The summed E-state index contributed by atoms with van der Waals surface area (Å²) in [7, 11) is 0. The van der Waals surface area contributed by atoms with Crippen molar-refractivity contribution in [3.8, 4) is 6.07 Å². The van der Waals surface area contributed by atoms with Crippen LogP contribution in [0.15, 0.2) is 18.2 Å². The number of nitrogen functional groups attached to an aromatic ring is 1. The SMILES string of the molecule is N#Cc1ccc(CCCBr)c(N)c1. The van der Waals surface area contributed by atoms with Crippen molar-refractivity contribution in [1.29, 1.82) is 5.26 Å². The van der Waals surface area contributed by atoms with Gasteiger partial charge in [-0.2, -0.15) is 5.26 Å². The van der Waals surface area contributed by atoms with E-state index in [0.29, 0.717) is 5.56 Å². The quantitative estimate of drug-likeness (QED) is 0.650. The number of hydrogen-bond donors (Lipinski definition) is 1. The van der Waals surface area contributed by atoms with Gasteiger partial charge in [-0.25, -0.2) is 0 Å². The van der Waals surface area contributed by atoms with Gasteiger partial charge in [0.15, 0.2) is 0 Å². The molecule has 0 unspecified atom stereocenters. The van der Waals surface area contributed by atoms with Crippen molar-refractivity contribution in [3.63, 3.8) is 0 Å². The summed E-state index contributed by atoms with van der Waals surface area (Å²) < 4.78 is 0. The van der Waals surface area contributed by atoms with Crippen LogP contribution in [0.2, 0.25) is 0 Å². The first-order chi connectivity index (χ1) is 6.27. The Morgan fingerprint density at radius 2 is 2.23 bits per heavy atom. The summed E-state index contributed by atoms with van der Waals surface area (Å²) in [5.41, 5.74) is 8.24. The highest BCUT2D eigenvalue weighted by atomic mass is 79.9. The zero-order valence-corrected chi connectivity index (χ0v) is 8.84. The van der Waals surface area contributed by atoms with Crippen molar-refractivity contribution in [2.24, 2.45) is 0 Å². The summed E-state index contributed by atoms with van der Waals surface area (Å²) >= 11 is 3.37. The summed E-state index contributed by atoms with van der Waals surface area (Å²) in [6.07, 6.45) is 2.03. The zero-order valence-electron chi connectivity index (χ0n) is 7.26. The molecule has 0 spiro atoms. The van der Waals surface area contributed by atoms with Crippen LogP contribution in [-0.2, 0) is 6.42 Å². The van der Waals surface area contributed by atoms with Gasteiger partial charge in [0.1, 0.15) is 0 Å². The smallest absolute Gasteiger partial charge is 0.0992 e. The molecule has 0 heterocycles. The summed E-state index contributed by atoms with van der Waals surface area (Å²) in [6.45, 7) is 0. The Hall–Kier alpha value is -1.01. The van der Waals surface area contributed by atoms with Gasteiger partial charge in [-0.1, -0.05) is 22.0 Å². The van der Waals surface area contributed by atoms with Gasteiger partial charge < -0.3 is 5.73 Å². The predicted molar refractivity (Wildman–Crippen MR) is 57.7 cm³/mol. The predicted octanol–water partition coefficient (Wildman–Crippen LogP) is 2.47. The van der Waals surface area contributed by atoms with E-state index in [4.69, 9.17) is 11.0 Å². The second-order valence-electron chi connectivity index (χ2n) is 2.82. The van der Waals surface area contributed by atoms with Crippen LogP contribution in [0.4, 0.5) is 5.69 Å². The van der Waals surface area contributed by atoms with E-state index in [9.17, 15) is 0 Å². The maximum Gasteiger partial charge on any atom is 0.0992 e. The Labute approximate surface area is 86.5 Å². The molecular weight excluding hydrogens is 228 g/mol. The molecule has 68 valence electrons. The maximum absolute atomic E-state index is 8.62. The molecular formula is C10H11BrN2. The number of hydrogen-bond acceptors (Lipinski definition) is 2. The molecule has 0 fully saturated rings. The molecule has 0 radical (unpaired) electrons. The van der Waals surface area contributed by atoms with Crippen LogP contribution in [-0.4, -0.2) is 5.33 Å². The highest BCUT2D eigenvalue weighted by Gasteiger charge is 1.99. The summed E-state index contributed by atoms with van der Waals surface area (Å²) in [5, 5.41) is 9.59. The molecule has 0 amide bonds. The van der Waals surface area contributed by atoms with Crippen molar-refractivity contribution in [2.75, 3.05) is 11.1 Å². The second kappa shape index (κ2) is 4.88. The lowest BCUT2D eigenvalue weighted by Gasteiger charge is -2.03. The highest BCUT2D eigenvalue weighted by Crippen LogP contribution is 2.15. The number of alkyl halides is 1. The third-order valence-electron chi connectivity index (χ3n) is 1.85. The minimum Gasteiger partial charge on any atom is -0.398 e. The first-order valence-corrected chi connectivity index (χ1v) is 5.24. The zero-order chi connectivity index (χ0) is 9.68. The molecule has 0 atom stereocenters. The van der Waals surface area contributed by atoms with Gasteiger partial charge in [-0.05, 0) is 30.5 Å². The lowest BCUT2D eigenvalue weighted by Crippen LogP contribution is -1.95. The van der Waals surface area contributed by atoms with E-state index < -0.39 is 0 Å². The standard InChI is InChI=1S/C10H11BrN2/c11-5-1-2-9-4-3-8(7-12)6-10(9)13/h3-4,6H,1-2,5,13H2. The number of rotatable bonds is 3. The first kappa shape index (κ1) is 10.1. The van der Waals surface area contributed by atoms with Gasteiger partial charge in [-0.3, -0.25) is 0 Å². The van der Waals surface area contributed by atoms with Gasteiger partial charge in [0.2, 0.25) is 0 Å². The van der Waals surface area contributed by atoms with Gasteiger partial charge >= 0.3 is 0 Å². The van der Waals surface area contributed by atoms with E-state index in [2.05, 4.69) is 22.0 Å². The molecule has 0 aliphatic carbocycles. The summed E-state index contributed by atoms with van der Waals surface area (Å²) in [4.78, 5) is 0. The van der Waals surface area contributed by atoms with Crippen LogP contribution in [0.1, 0.15) is 17.5 Å². The second-order valence-corrected chi connectivity index (χ2v) is 3.61. The molecule has 3 heteroatoms. The van der Waals surface area contributed by atoms with E-state index in [1.54, 1.807) is 12.1 Å². The molecule has 0 saturated carbocycles. The Morgan fingerprint density at radius 3 is 2.77 bits per heavy atom. The number of benzene rings is 1. The minimum atomic E-state index is 0.625. The summed E-state index contributed by atoms with van der Waals surface area (Å²) in [5.74, 6) is 0. The van der Waals surface area contributed by atoms with Gasteiger partial charge in [0.05, 0.1) is 11.6 Å². The van der Waals surface area contributed by atoms with Crippen molar-refractivity contribution < 1.29 is 0 Å². The highest BCUT2D eigenvalue weighted by molar-refractivity contribution is 9.09. The molecule has 0 saturated heterocycles. The molecule has 0 bridgehead atoms. The third-order valence-corrected chi connectivity index (χ3v) is 2.42. The van der Waals surface area contributed by atoms with Crippen LogP contribution >= 0.6 is 15.9 Å². The number of aryl methyl sites for hydroxylation is 1. The molecule has 13 heavy (non-hydrogen) atoms. The van der Waals surface area contributed by atoms with Crippen LogP contribution in [0.5, 0.6) is 0 Å². The third kappa shape index (κ3) is 2.74. The molecule has 2 nitrogen and oxygen atoms in total. The molecule has 1 aromatic carbocycles. The molecule has 1 rings (SSSR count). The van der Waals surface area contributed by atoms with Crippen LogP contribution < -0.4 is 5.73 Å². The molecule has 0 aliphatic heterocycles. The maximum atomic E-state index is 8.62. The van der Waals surface area contributed by atoms with Crippen LogP contribution in [0.25, 0.3) is 0 Å². The lowest BCUT2D eigenvalue weighted by atomic mass is 10.1. The van der Waals surface area contributed by atoms with Crippen LogP contribution in [0, 0.1) is 11.3 Å². The Balaban J connectivity index is 2.81. The molecule has 0 aromatic heterocycles. The molecule has 0 aliphatic rings. The van der Waals surface area contributed by atoms with Crippen molar-refractivity contribution in [3.05, 3.63) is 29.3 Å². The number of nitriles is 1. The normalized spacial score (nSPS) is 9.54. The largest absolute Gasteiger partial charge is 0.398 e. The van der Waals surface area contributed by atoms with E-state index in [-0.39, 0.29) is 0 Å². The van der Waals surface area contributed by atoms with Crippen molar-refractivity contribution >= 4 is 21.6 Å². The topological polar surface area (TPSA) is 49.8 Å². The fraction of sp³-hybridized carbons (Fsp3) is 0.300. The number of halogens is 1. The van der Waals surface area contributed by atoms with Gasteiger partial charge in [0.25, 0.3) is 0 Å². The Morgan fingerprint density at radius 1 is 1.46 bits per heavy atom. The fourth-order valence-corrected chi connectivity index (χ4v) is 1.43. The van der Waals surface area contributed by atoms with E-state index in [1.165, 1.54) is 0 Å². The van der Waals surface area contributed by atoms with Gasteiger partial charge in [-0.15, -0.1) is 0 Å². The van der Waals surface area contributed by atoms with E-state index in [1.807, 2.05) is 6.07 Å². The lowest BCUT2D eigenvalue weighted by molar-refractivity contribution is 0.942. The van der Waals surface area contributed by atoms with E-state index >= 15 is 0 Å². The minimum absolute atomic E-state index is 0.625. The molecule has 1 aromatic rings. The Bertz CT molecular complexity index is 328. The van der Waals surface area contributed by atoms with Crippen LogP contribution in [0.3, 0.4) is 0 Å². The van der Waals surface area contributed by atoms with E-state index in [0.717, 1.165) is 29.4 Å². The first-order valence-electron chi connectivity index (χ1n) is 4.12. The number of nitrogens with two attached hydrogens (primary N) is 1. The number of anilines is 1. The average molecular weight is 239 g/mol. The van der Waals surface area contributed by atoms with Crippen molar-refractivity contribution in [2.45, 2.75) is 12.8 Å². The monoisotopic (exact) mass is 238 g/mol. The Kier molecular flexibility index (Phi) is 3.78. The van der Waals surface area contributed by atoms with Gasteiger partial charge in [0, 0.05) is 11.0 Å². The number of nitrogens with zero attached hydrogens (tertiary/aromatic N) is 1. The summed E-state index contributed by atoms with van der Waals surface area (Å²) in [6, 6.07) is 7.52.